The van der Waals surface area contributed by atoms with Gasteiger partial charge in [0.25, 0.3) is 0 Å². The van der Waals surface area contributed by atoms with Crippen molar-refractivity contribution in [2.24, 2.45) is 5.41 Å². The Morgan fingerprint density at radius 1 is 1.50 bits per heavy atom. The number of halogens is 1. The predicted molar refractivity (Wildman–Crippen MR) is 71.2 cm³/mol. The number of carbonyl (C=O) groups is 1. The number of esters is 1. The van der Waals surface area contributed by atoms with Gasteiger partial charge in [-0.25, -0.2) is 4.79 Å². The molecule has 3 heteroatoms. The molecule has 18 heavy (non-hydrogen) atoms. The van der Waals surface area contributed by atoms with E-state index in [4.69, 9.17) is 16.3 Å². The number of benzene rings is 1. The van der Waals surface area contributed by atoms with Crippen molar-refractivity contribution in [3.05, 3.63) is 33.9 Å². The third-order valence-corrected chi connectivity index (χ3v) is 4.36. The molecule has 0 N–H and O–H groups in total. The van der Waals surface area contributed by atoms with E-state index in [-0.39, 0.29) is 17.5 Å². The Bertz CT molecular complexity index is 546. The van der Waals surface area contributed by atoms with Gasteiger partial charge in [-0.2, -0.15) is 0 Å². The highest BCUT2D eigenvalue weighted by atomic mass is 35.5. The monoisotopic (exact) mass is 264 g/mol. The molecule has 2 aliphatic rings. The van der Waals surface area contributed by atoms with Gasteiger partial charge in [-0.05, 0) is 36.5 Å². The second kappa shape index (κ2) is 3.74. The first-order valence-corrected chi connectivity index (χ1v) is 6.91. The molecule has 3 rings (SSSR count). The molecule has 1 aliphatic carbocycles. The fourth-order valence-electron chi connectivity index (χ4n) is 3.40. The van der Waals surface area contributed by atoms with Gasteiger partial charge < -0.3 is 4.74 Å². The Morgan fingerprint density at radius 3 is 2.89 bits per heavy atom. The highest BCUT2D eigenvalue weighted by Gasteiger charge is 2.49. The summed E-state index contributed by atoms with van der Waals surface area (Å²) in [7, 11) is 0. The molecule has 1 aliphatic heterocycles. The number of hydrogen-bond acceptors (Lipinski definition) is 2. The summed E-state index contributed by atoms with van der Waals surface area (Å²) >= 11 is 5.85. The standard InChI is InChI=1S/C15H17ClO2/c1-8-6-9-7-15(2,3)13-11(9)12(14(17)18-13)10(8)4-5-16/h6,13H,4-5,7H2,1-3H3. The SMILES string of the molecule is Cc1cc2c3c(c1CCCl)C(=O)OC3C(C)(C)C2. The van der Waals surface area contributed by atoms with E-state index in [2.05, 4.69) is 26.8 Å². The first-order valence-electron chi connectivity index (χ1n) is 6.38. The van der Waals surface area contributed by atoms with Gasteiger partial charge in [0.2, 0.25) is 0 Å². The Morgan fingerprint density at radius 2 is 2.22 bits per heavy atom. The number of aryl methyl sites for hydroxylation is 1. The molecule has 1 aromatic rings. The largest absolute Gasteiger partial charge is 0.453 e. The zero-order valence-electron chi connectivity index (χ0n) is 11.0. The lowest BCUT2D eigenvalue weighted by Crippen LogP contribution is -2.19. The van der Waals surface area contributed by atoms with Crippen LogP contribution in [0.15, 0.2) is 6.07 Å². The molecule has 1 atom stereocenters. The maximum Gasteiger partial charge on any atom is 0.339 e. The lowest BCUT2D eigenvalue weighted by molar-refractivity contribution is 0.00862. The molecule has 0 amide bonds. The minimum Gasteiger partial charge on any atom is -0.453 e. The van der Waals surface area contributed by atoms with Crippen molar-refractivity contribution in [1.82, 2.24) is 0 Å². The molecule has 1 aromatic carbocycles. The molecule has 2 nitrogen and oxygen atoms in total. The number of carbonyl (C=O) groups excluding carboxylic acids is 1. The second-order valence-electron chi connectivity index (χ2n) is 6.01. The van der Waals surface area contributed by atoms with Crippen molar-refractivity contribution in [2.75, 3.05) is 5.88 Å². The third-order valence-electron chi connectivity index (χ3n) is 4.18. The van der Waals surface area contributed by atoms with Gasteiger partial charge in [0.05, 0.1) is 5.56 Å². The van der Waals surface area contributed by atoms with Gasteiger partial charge in [-0.15, -0.1) is 11.6 Å². The van der Waals surface area contributed by atoms with Crippen molar-refractivity contribution in [3.63, 3.8) is 0 Å². The van der Waals surface area contributed by atoms with E-state index >= 15 is 0 Å². The summed E-state index contributed by atoms with van der Waals surface area (Å²) in [5.41, 5.74) is 5.47. The van der Waals surface area contributed by atoms with Crippen molar-refractivity contribution < 1.29 is 9.53 Å². The average molecular weight is 265 g/mol. The van der Waals surface area contributed by atoms with Gasteiger partial charge in [0.1, 0.15) is 6.10 Å². The van der Waals surface area contributed by atoms with Crippen molar-refractivity contribution in [1.29, 1.82) is 0 Å². The van der Waals surface area contributed by atoms with E-state index < -0.39 is 0 Å². The van der Waals surface area contributed by atoms with E-state index in [0.29, 0.717) is 5.88 Å². The van der Waals surface area contributed by atoms with Gasteiger partial charge in [-0.3, -0.25) is 0 Å². The zero-order chi connectivity index (χ0) is 13.1. The van der Waals surface area contributed by atoms with E-state index in [1.54, 1.807) is 0 Å². The normalized spacial score (nSPS) is 23.1. The Labute approximate surface area is 112 Å². The van der Waals surface area contributed by atoms with Gasteiger partial charge in [0, 0.05) is 16.9 Å². The molecule has 0 radical (unpaired) electrons. The summed E-state index contributed by atoms with van der Waals surface area (Å²) in [6.07, 6.45) is 1.65. The molecule has 96 valence electrons. The van der Waals surface area contributed by atoms with Crippen LogP contribution in [0, 0.1) is 12.3 Å². The first kappa shape index (κ1) is 12.0. The summed E-state index contributed by atoms with van der Waals surface area (Å²) in [4.78, 5) is 12.1. The van der Waals surface area contributed by atoms with Crippen molar-refractivity contribution in [3.8, 4) is 0 Å². The number of ether oxygens (including phenoxy) is 1. The number of rotatable bonds is 2. The lowest BCUT2D eigenvalue weighted by Gasteiger charge is -2.23. The van der Waals surface area contributed by atoms with Crippen LogP contribution < -0.4 is 0 Å². The van der Waals surface area contributed by atoms with Crippen LogP contribution in [0.25, 0.3) is 0 Å². The highest BCUT2D eigenvalue weighted by Crippen LogP contribution is 2.53. The molecular weight excluding hydrogens is 248 g/mol. The van der Waals surface area contributed by atoms with Crippen LogP contribution in [0.5, 0.6) is 0 Å². The van der Waals surface area contributed by atoms with Gasteiger partial charge in [0.15, 0.2) is 0 Å². The maximum atomic E-state index is 12.1. The van der Waals surface area contributed by atoms with Crippen LogP contribution in [0.1, 0.15) is 52.6 Å². The van der Waals surface area contributed by atoms with E-state index in [9.17, 15) is 4.79 Å². The number of alkyl halides is 1. The van der Waals surface area contributed by atoms with Crippen molar-refractivity contribution in [2.45, 2.75) is 39.7 Å². The maximum absolute atomic E-state index is 12.1. The summed E-state index contributed by atoms with van der Waals surface area (Å²) in [6.45, 7) is 6.39. The Kier molecular flexibility index (Phi) is 2.50. The fourth-order valence-corrected chi connectivity index (χ4v) is 3.59. The molecule has 0 bridgehead atoms. The molecule has 0 spiro atoms. The Balaban J connectivity index is 2.26. The van der Waals surface area contributed by atoms with E-state index in [1.807, 2.05) is 0 Å². The van der Waals surface area contributed by atoms with Crippen LogP contribution in [0.2, 0.25) is 0 Å². The molecular formula is C15H17ClO2. The fraction of sp³-hybridized carbons (Fsp3) is 0.533. The molecule has 1 unspecified atom stereocenters. The Hall–Kier alpha value is -1.02. The van der Waals surface area contributed by atoms with Crippen LogP contribution in [0.4, 0.5) is 0 Å². The first-order chi connectivity index (χ1) is 8.45. The molecule has 0 fully saturated rings. The van der Waals surface area contributed by atoms with Crippen LogP contribution >= 0.6 is 11.6 Å². The van der Waals surface area contributed by atoms with E-state index in [0.717, 1.165) is 29.5 Å². The van der Waals surface area contributed by atoms with Crippen molar-refractivity contribution >= 4 is 17.6 Å². The summed E-state index contributed by atoms with van der Waals surface area (Å²) in [6, 6.07) is 2.21. The van der Waals surface area contributed by atoms with Gasteiger partial charge in [-0.1, -0.05) is 19.9 Å². The van der Waals surface area contributed by atoms with Crippen LogP contribution in [-0.4, -0.2) is 11.8 Å². The molecule has 0 saturated heterocycles. The second-order valence-corrected chi connectivity index (χ2v) is 6.39. The molecule has 0 saturated carbocycles. The van der Waals surface area contributed by atoms with Crippen LogP contribution in [0.3, 0.4) is 0 Å². The highest BCUT2D eigenvalue weighted by molar-refractivity contribution is 6.18. The van der Waals surface area contributed by atoms with Gasteiger partial charge >= 0.3 is 5.97 Å². The predicted octanol–water partition coefficient (Wildman–Crippen LogP) is 3.57. The summed E-state index contributed by atoms with van der Waals surface area (Å²) in [5, 5.41) is 0. The van der Waals surface area contributed by atoms with E-state index in [1.165, 1.54) is 11.1 Å². The molecule has 1 heterocycles. The smallest absolute Gasteiger partial charge is 0.339 e. The summed E-state index contributed by atoms with van der Waals surface area (Å²) in [5.74, 6) is 0.376. The lowest BCUT2D eigenvalue weighted by atomic mass is 9.87. The minimum absolute atomic E-state index is 0.00920. The average Bonchev–Trinajstić information content (AvgIpc) is 2.73. The summed E-state index contributed by atoms with van der Waals surface area (Å²) < 4.78 is 5.61. The zero-order valence-corrected chi connectivity index (χ0v) is 11.7. The topological polar surface area (TPSA) is 26.3 Å². The minimum atomic E-state index is -0.159. The van der Waals surface area contributed by atoms with Crippen LogP contribution in [-0.2, 0) is 17.6 Å². The third kappa shape index (κ3) is 1.45. The number of hydrogen-bond donors (Lipinski definition) is 0. The molecule has 0 aromatic heterocycles. The quantitative estimate of drug-likeness (QED) is 0.603.